The average molecular weight is 336 g/mol. The van der Waals surface area contributed by atoms with Crippen LogP contribution in [0.15, 0.2) is 50.4 Å². The number of nitrogens with zero attached hydrogens (tertiary/aromatic N) is 1. The van der Waals surface area contributed by atoms with Gasteiger partial charge in [0.25, 0.3) is 10.0 Å². The van der Waals surface area contributed by atoms with E-state index in [4.69, 9.17) is 8.94 Å². The molecule has 0 bridgehead atoms. The molecule has 6 nitrogen and oxygen atoms in total. The minimum absolute atomic E-state index is 0.106. The predicted molar refractivity (Wildman–Crippen MR) is 80.9 cm³/mol. The highest BCUT2D eigenvalue weighted by Gasteiger charge is 2.22. The van der Waals surface area contributed by atoms with E-state index in [0.717, 1.165) is 11.6 Å². The molecule has 0 fully saturated rings. The van der Waals surface area contributed by atoms with E-state index in [-0.39, 0.29) is 16.5 Å². The largest absolute Gasteiger partial charge is 0.439 e. The van der Waals surface area contributed by atoms with Gasteiger partial charge in [0.2, 0.25) is 10.9 Å². The monoisotopic (exact) mass is 336 g/mol. The maximum absolute atomic E-state index is 13.1. The highest BCUT2D eigenvalue weighted by atomic mass is 32.2. The van der Waals surface area contributed by atoms with Crippen LogP contribution < -0.4 is 4.72 Å². The van der Waals surface area contributed by atoms with Crippen molar-refractivity contribution in [1.82, 2.24) is 5.16 Å². The maximum atomic E-state index is 13.1. The molecule has 3 aromatic rings. The van der Waals surface area contributed by atoms with Gasteiger partial charge in [-0.1, -0.05) is 11.2 Å². The van der Waals surface area contributed by atoms with E-state index >= 15 is 0 Å². The van der Waals surface area contributed by atoms with Gasteiger partial charge in [0.15, 0.2) is 5.76 Å². The third kappa shape index (κ3) is 2.98. The minimum atomic E-state index is -3.97. The van der Waals surface area contributed by atoms with E-state index in [1.54, 1.807) is 13.8 Å². The normalized spacial score (nSPS) is 11.6. The Balaban J connectivity index is 1.91. The molecule has 8 heteroatoms. The molecule has 1 aromatic carbocycles. The van der Waals surface area contributed by atoms with Crippen LogP contribution in [0, 0.1) is 19.7 Å². The average Bonchev–Trinajstić information content (AvgIpc) is 3.07. The van der Waals surface area contributed by atoms with Crippen molar-refractivity contribution in [2.24, 2.45) is 0 Å². The van der Waals surface area contributed by atoms with Crippen molar-refractivity contribution in [2.45, 2.75) is 18.9 Å². The molecule has 2 aromatic heterocycles. The summed E-state index contributed by atoms with van der Waals surface area (Å²) in [5.74, 6) is 0.0792. The predicted octanol–water partition coefficient (Wildman–Crippen LogP) is 3.49. The Kier molecular flexibility index (Phi) is 3.69. The first-order valence-electron chi connectivity index (χ1n) is 6.68. The molecule has 1 N–H and O–H groups in total. The molecule has 3 rings (SSSR count). The summed E-state index contributed by atoms with van der Waals surface area (Å²) in [6.45, 7) is 3.57. The molecule has 0 radical (unpaired) electrons. The van der Waals surface area contributed by atoms with E-state index in [0.29, 0.717) is 11.5 Å². The first kappa shape index (κ1) is 15.3. The number of hydrogen-bond donors (Lipinski definition) is 1. The zero-order chi connectivity index (χ0) is 16.6. The molecule has 0 unspecified atom stereocenters. The van der Waals surface area contributed by atoms with Crippen LogP contribution in [-0.2, 0) is 10.0 Å². The van der Waals surface area contributed by atoms with Crippen LogP contribution >= 0.6 is 0 Å². The number of hydrogen-bond acceptors (Lipinski definition) is 5. The Morgan fingerprint density at radius 1 is 1.17 bits per heavy atom. The smallest absolute Gasteiger partial charge is 0.295 e. The SMILES string of the molecule is Cc1noc(-c2ccc(S(=O)(=O)Nc3cccc(F)c3)o2)c1C. The van der Waals surface area contributed by atoms with Gasteiger partial charge in [-0.25, -0.2) is 4.39 Å². The third-order valence-corrected chi connectivity index (χ3v) is 4.56. The molecule has 0 saturated heterocycles. The number of furan rings is 1. The van der Waals surface area contributed by atoms with E-state index < -0.39 is 15.8 Å². The molecular weight excluding hydrogens is 323 g/mol. The first-order chi connectivity index (χ1) is 10.9. The molecule has 0 aliphatic rings. The van der Waals surface area contributed by atoms with Gasteiger partial charge in [-0.2, -0.15) is 8.42 Å². The van der Waals surface area contributed by atoms with Crippen LogP contribution in [0.25, 0.3) is 11.5 Å². The van der Waals surface area contributed by atoms with Crippen LogP contribution in [0.4, 0.5) is 10.1 Å². The number of benzene rings is 1. The van der Waals surface area contributed by atoms with Crippen molar-refractivity contribution in [1.29, 1.82) is 0 Å². The lowest BCUT2D eigenvalue weighted by Gasteiger charge is -2.05. The van der Waals surface area contributed by atoms with Crippen molar-refractivity contribution in [3.8, 4) is 11.5 Å². The Morgan fingerprint density at radius 2 is 1.96 bits per heavy atom. The van der Waals surface area contributed by atoms with Gasteiger partial charge >= 0.3 is 0 Å². The Hall–Kier alpha value is -2.61. The van der Waals surface area contributed by atoms with Crippen LogP contribution in [-0.4, -0.2) is 13.6 Å². The van der Waals surface area contributed by atoms with Gasteiger partial charge < -0.3 is 8.94 Å². The second-order valence-corrected chi connectivity index (χ2v) is 6.57. The van der Waals surface area contributed by atoms with Gasteiger partial charge in [0.05, 0.1) is 11.4 Å². The molecule has 0 amide bonds. The Labute approximate surface area is 132 Å². The molecule has 0 saturated carbocycles. The highest BCUT2D eigenvalue weighted by Crippen LogP contribution is 2.29. The molecule has 0 spiro atoms. The molecule has 0 atom stereocenters. The van der Waals surface area contributed by atoms with Crippen LogP contribution in [0.3, 0.4) is 0 Å². The second-order valence-electron chi connectivity index (χ2n) is 4.96. The van der Waals surface area contributed by atoms with Crippen LogP contribution in [0.2, 0.25) is 0 Å². The zero-order valence-corrected chi connectivity index (χ0v) is 13.1. The van der Waals surface area contributed by atoms with Crippen molar-refractivity contribution < 1.29 is 21.7 Å². The quantitative estimate of drug-likeness (QED) is 0.788. The van der Waals surface area contributed by atoms with Crippen molar-refractivity contribution in [3.05, 3.63) is 53.5 Å². The van der Waals surface area contributed by atoms with Crippen molar-refractivity contribution in [3.63, 3.8) is 0 Å². The lowest BCUT2D eigenvalue weighted by molar-refractivity contribution is 0.398. The summed E-state index contributed by atoms with van der Waals surface area (Å²) in [7, 11) is -3.97. The molecular formula is C15H13FN2O4S. The fraction of sp³-hybridized carbons (Fsp3) is 0.133. The number of aryl methyl sites for hydroxylation is 1. The maximum Gasteiger partial charge on any atom is 0.295 e. The van der Waals surface area contributed by atoms with E-state index in [2.05, 4.69) is 9.88 Å². The highest BCUT2D eigenvalue weighted by molar-refractivity contribution is 7.92. The van der Waals surface area contributed by atoms with Crippen molar-refractivity contribution >= 4 is 15.7 Å². The van der Waals surface area contributed by atoms with Gasteiger partial charge in [-0.3, -0.25) is 4.72 Å². The van der Waals surface area contributed by atoms with Gasteiger partial charge in [0, 0.05) is 5.56 Å². The number of halogens is 1. The van der Waals surface area contributed by atoms with Gasteiger partial charge in [0.1, 0.15) is 5.82 Å². The standard InChI is InChI=1S/C15H13FN2O4S/c1-9-10(2)17-22-15(9)13-6-7-14(21-13)23(19,20)18-12-5-3-4-11(16)8-12/h3-8,18H,1-2H3. The zero-order valence-electron chi connectivity index (χ0n) is 12.3. The van der Waals surface area contributed by atoms with Crippen LogP contribution in [0.5, 0.6) is 0 Å². The lowest BCUT2D eigenvalue weighted by Crippen LogP contribution is -2.12. The number of rotatable bonds is 4. The lowest BCUT2D eigenvalue weighted by atomic mass is 10.2. The summed E-state index contributed by atoms with van der Waals surface area (Å²) in [6.07, 6.45) is 0. The molecule has 2 heterocycles. The van der Waals surface area contributed by atoms with Crippen LogP contribution in [0.1, 0.15) is 11.3 Å². The minimum Gasteiger partial charge on any atom is -0.439 e. The van der Waals surface area contributed by atoms with Crippen molar-refractivity contribution in [2.75, 3.05) is 4.72 Å². The summed E-state index contributed by atoms with van der Waals surface area (Å²) in [4.78, 5) is 0. The summed E-state index contributed by atoms with van der Waals surface area (Å²) >= 11 is 0. The number of nitrogens with one attached hydrogen (secondary N) is 1. The fourth-order valence-electron chi connectivity index (χ4n) is 1.99. The first-order valence-corrected chi connectivity index (χ1v) is 8.16. The van der Waals surface area contributed by atoms with E-state index in [1.165, 1.54) is 30.3 Å². The van der Waals surface area contributed by atoms with Gasteiger partial charge in [-0.05, 0) is 44.2 Å². The fourth-order valence-corrected chi connectivity index (χ4v) is 2.97. The van der Waals surface area contributed by atoms with E-state index in [1.807, 2.05) is 0 Å². The molecule has 0 aliphatic carbocycles. The summed E-state index contributed by atoms with van der Waals surface area (Å²) in [5.41, 5.74) is 1.56. The number of aromatic nitrogens is 1. The second kappa shape index (κ2) is 5.54. The summed E-state index contributed by atoms with van der Waals surface area (Å²) in [5, 5.41) is 3.50. The third-order valence-electron chi connectivity index (χ3n) is 3.30. The molecule has 120 valence electrons. The molecule has 23 heavy (non-hydrogen) atoms. The summed E-state index contributed by atoms with van der Waals surface area (Å²) < 4.78 is 50.4. The summed E-state index contributed by atoms with van der Waals surface area (Å²) in [6, 6.07) is 7.92. The Morgan fingerprint density at radius 3 is 2.61 bits per heavy atom. The molecule has 0 aliphatic heterocycles. The topological polar surface area (TPSA) is 85.3 Å². The number of sulfonamides is 1. The number of anilines is 1. The Bertz CT molecular complexity index is 960. The van der Waals surface area contributed by atoms with E-state index in [9.17, 15) is 12.8 Å². The van der Waals surface area contributed by atoms with Gasteiger partial charge in [-0.15, -0.1) is 0 Å².